The Kier molecular flexibility index (Phi) is 3.38. The van der Waals surface area contributed by atoms with Crippen LogP contribution in [-0.4, -0.2) is 27.3 Å². The molecule has 2 N–H and O–H groups in total. The highest BCUT2D eigenvalue weighted by Gasteiger charge is 2.20. The van der Waals surface area contributed by atoms with Gasteiger partial charge in [-0.2, -0.15) is 5.10 Å². The van der Waals surface area contributed by atoms with Crippen LogP contribution in [0, 0.1) is 0 Å². The largest absolute Gasteiger partial charge is 0.373 e. The van der Waals surface area contributed by atoms with E-state index in [-0.39, 0.29) is 5.91 Å². The van der Waals surface area contributed by atoms with E-state index in [1.54, 1.807) is 0 Å². The molecule has 6 heteroatoms. The molecular formula is C19H20N4O2. The number of para-hydroxylation sites is 1. The van der Waals surface area contributed by atoms with E-state index >= 15 is 0 Å². The van der Waals surface area contributed by atoms with Crippen molar-refractivity contribution < 1.29 is 9.53 Å². The van der Waals surface area contributed by atoms with Gasteiger partial charge >= 0.3 is 0 Å². The Hall–Kier alpha value is -2.60. The average molecular weight is 336 g/mol. The number of hydrogen-bond acceptors (Lipinski definition) is 3. The molecule has 5 rings (SSSR count). The van der Waals surface area contributed by atoms with Crippen LogP contribution in [0.2, 0.25) is 0 Å². The van der Waals surface area contributed by atoms with Gasteiger partial charge in [0.2, 0.25) is 0 Å². The van der Waals surface area contributed by atoms with E-state index in [2.05, 4.69) is 21.5 Å². The number of aromatic amines is 1. The maximum atomic E-state index is 12.8. The van der Waals surface area contributed by atoms with Crippen LogP contribution < -0.4 is 5.32 Å². The van der Waals surface area contributed by atoms with Crippen molar-refractivity contribution in [2.45, 2.75) is 38.8 Å². The number of carbonyl (C=O) groups is 1. The highest BCUT2D eigenvalue weighted by atomic mass is 16.5. The molecule has 0 unspecified atom stereocenters. The Morgan fingerprint density at radius 1 is 1.28 bits per heavy atom. The zero-order valence-electron chi connectivity index (χ0n) is 14.0. The maximum absolute atomic E-state index is 12.8. The number of hydrogen-bond donors (Lipinski definition) is 2. The molecule has 0 radical (unpaired) electrons. The number of aromatic nitrogens is 3. The molecular weight excluding hydrogens is 316 g/mol. The van der Waals surface area contributed by atoms with Gasteiger partial charge in [0, 0.05) is 17.1 Å². The third-order valence-corrected chi connectivity index (χ3v) is 5.18. The molecule has 0 bridgehead atoms. The van der Waals surface area contributed by atoms with Gasteiger partial charge in [0.15, 0.2) is 5.82 Å². The highest BCUT2D eigenvalue weighted by Crippen LogP contribution is 2.31. The molecule has 0 atom stereocenters. The maximum Gasteiger partial charge on any atom is 0.258 e. The lowest BCUT2D eigenvalue weighted by atomic mass is 9.95. The van der Waals surface area contributed by atoms with Crippen LogP contribution >= 0.6 is 0 Å². The minimum absolute atomic E-state index is 0.124. The normalized spacial score (nSPS) is 16.5. The molecule has 3 heterocycles. The van der Waals surface area contributed by atoms with E-state index in [1.807, 2.05) is 22.9 Å². The molecule has 0 spiro atoms. The smallest absolute Gasteiger partial charge is 0.258 e. The van der Waals surface area contributed by atoms with Gasteiger partial charge < -0.3 is 15.0 Å². The first-order valence-electron chi connectivity index (χ1n) is 8.88. The van der Waals surface area contributed by atoms with Crippen molar-refractivity contribution in [3.63, 3.8) is 0 Å². The minimum atomic E-state index is -0.124. The topological polar surface area (TPSA) is 71.9 Å². The Labute approximate surface area is 145 Å². The van der Waals surface area contributed by atoms with Crippen LogP contribution in [0.25, 0.3) is 10.9 Å². The van der Waals surface area contributed by atoms with Gasteiger partial charge in [-0.3, -0.25) is 9.48 Å². The highest BCUT2D eigenvalue weighted by molar-refractivity contribution is 6.12. The summed E-state index contributed by atoms with van der Waals surface area (Å²) in [5, 5.41) is 8.58. The zero-order valence-corrected chi connectivity index (χ0v) is 14.0. The average Bonchev–Trinajstić information content (AvgIpc) is 3.21. The third kappa shape index (κ3) is 2.44. The van der Waals surface area contributed by atoms with E-state index in [4.69, 9.17) is 4.74 Å². The number of nitrogens with zero attached hydrogens (tertiary/aromatic N) is 2. The van der Waals surface area contributed by atoms with Crippen LogP contribution in [0.4, 0.5) is 5.82 Å². The SMILES string of the molecule is O=C(Nc1cc2n(n1)CCOC2)c1cccc2c3c([nH]c12)CCCC3. The number of nitrogens with one attached hydrogen (secondary N) is 2. The van der Waals surface area contributed by atoms with Crippen LogP contribution in [0.3, 0.4) is 0 Å². The van der Waals surface area contributed by atoms with Crippen molar-refractivity contribution >= 4 is 22.6 Å². The van der Waals surface area contributed by atoms with E-state index < -0.39 is 0 Å². The van der Waals surface area contributed by atoms with Gasteiger partial charge in [-0.1, -0.05) is 12.1 Å². The van der Waals surface area contributed by atoms with Crippen LogP contribution in [0.1, 0.15) is 40.2 Å². The monoisotopic (exact) mass is 336 g/mol. The minimum Gasteiger partial charge on any atom is -0.373 e. The Morgan fingerprint density at radius 3 is 3.12 bits per heavy atom. The summed E-state index contributed by atoms with van der Waals surface area (Å²) in [5.74, 6) is 0.458. The number of carbonyl (C=O) groups excluding carboxylic acids is 1. The number of ether oxygens (including phenoxy) is 1. The molecule has 6 nitrogen and oxygen atoms in total. The van der Waals surface area contributed by atoms with Crippen molar-refractivity contribution in [3.8, 4) is 0 Å². The summed E-state index contributed by atoms with van der Waals surface area (Å²) < 4.78 is 7.32. The molecule has 2 aromatic heterocycles. The number of benzene rings is 1. The molecule has 25 heavy (non-hydrogen) atoms. The van der Waals surface area contributed by atoms with Gasteiger partial charge in [-0.25, -0.2) is 0 Å². The fourth-order valence-corrected chi connectivity index (χ4v) is 3.96. The van der Waals surface area contributed by atoms with Crippen LogP contribution in [0.5, 0.6) is 0 Å². The number of anilines is 1. The summed E-state index contributed by atoms with van der Waals surface area (Å²) in [7, 11) is 0. The molecule has 1 amide bonds. The molecule has 0 fully saturated rings. The quantitative estimate of drug-likeness (QED) is 0.755. The summed E-state index contributed by atoms with van der Waals surface area (Å²) in [4.78, 5) is 16.3. The Bertz CT molecular complexity index is 946. The molecule has 0 saturated carbocycles. The summed E-state index contributed by atoms with van der Waals surface area (Å²) >= 11 is 0. The van der Waals surface area contributed by atoms with Crippen molar-refractivity contribution in [1.29, 1.82) is 0 Å². The van der Waals surface area contributed by atoms with E-state index in [9.17, 15) is 4.79 Å². The standard InChI is InChI=1S/C19H20N4O2/c24-19(21-17-10-12-11-25-9-8-23(12)22-17)15-6-3-5-14-13-4-1-2-7-16(13)20-18(14)15/h3,5-6,10,20H,1-2,4,7-9,11H2,(H,21,22,24). The third-order valence-electron chi connectivity index (χ3n) is 5.18. The van der Waals surface area contributed by atoms with Gasteiger partial charge in [-0.05, 0) is 37.3 Å². The first kappa shape index (κ1) is 14.7. The first-order valence-corrected chi connectivity index (χ1v) is 8.88. The first-order chi connectivity index (χ1) is 12.3. The Morgan fingerprint density at radius 2 is 2.20 bits per heavy atom. The molecule has 3 aromatic rings. The van der Waals surface area contributed by atoms with E-state index in [0.29, 0.717) is 24.6 Å². The number of H-pyrrole nitrogens is 1. The van der Waals surface area contributed by atoms with Crippen molar-refractivity contribution in [2.75, 3.05) is 11.9 Å². The molecule has 128 valence electrons. The van der Waals surface area contributed by atoms with Gasteiger partial charge in [0.1, 0.15) is 0 Å². The fourth-order valence-electron chi connectivity index (χ4n) is 3.96. The van der Waals surface area contributed by atoms with Crippen molar-refractivity contribution in [2.24, 2.45) is 0 Å². The van der Waals surface area contributed by atoms with E-state index in [1.165, 1.54) is 29.5 Å². The number of amides is 1. The van der Waals surface area contributed by atoms with Gasteiger partial charge in [-0.15, -0.1) is 0 Å². The predicted octanol–water partition coefficient (Wildman–Crippen LogP) is 3.03. The van der Waals surface area contributed by atoms with Gasteiger partial charge in [0.25, 0.3) is 5.91 Å². The fraction of sp³-hybridized carbons (Fsp3) is 0.368. The molecule has 1 aliphatic heterocycles. The van der Waals surface area contributed by atoms with Gasteiger partial charge in [0.05, 0.1) is 36.5 Å². The van der Waals surface area contributed by atoms with Crippen LogP contribution in [0.15, 0.2) is 24.3 Å². The molecule has 1 aliphatic carbocycles. The summed E-state index contributed by atoms with van der Waals surface area (Å²) in [6.45, 7) is 1.93. The molecule has 1 aromatic carbocycles. The second-order valence-electron chi connectivity index (χ2n) is 6.77. The number of aryl methyl sites for hydroxylation is 2. The summed E-state index contributed by atoms with van der Waals surface area (Å²) in [6.07, 6.45) is 4.59. The van der Waals surface area contributed by atoms with E-state index in [0.717, 1.165) is 30.6 Å². The lowest BCUT2D eigenvalue weighted by Crippen LogP contribution is -2.17. The van der Waals surface area contributed by atoms with Crippen molar-refractivity contribution in [3.05, 3.63) is 46.8 Å². The lowest BCUT2D eigenvalue weighted by Gasteiger charge is -2.12. The zero-order chi connectivity index (χ0) is 16.8. The molecule has 0 saturated heterocycles. The predicted molar refractivity (Wildman–Crippen MR) is 94.8 cm³/mol. The number of fused-ring (bicyclic) bond motifs is 4. The summed E-state index contributed by atoms with van der Waals surface area (Å²) in [6, 6.07) is 7.83. The Balaban J connectivity index is 1.49. The lowest BCUT2D eigenvalue weighted by molar-refractivity contribution is 0.0801. The molecule has 2 aliphatic rings. The number of rotatable bonds is 2. The van der Waals surface area contributed by atoms with Crippen LogP contribution in [-0.2, 0) is 30.7 Å². The summed E-state index contributed by atoms with van der Waals surface area (Å²) in [5.41, 5.74) is 5.28. The second kappa shape index (κ2) is 5.74. The second-order valence-corrected chi connectivity index (χ2v) is 6.77. The van der Waals surface area contributed by atoms with Crippen molar-refractivity contribution in [1.82, 2.24) is 14.8 Å².